The lowest BCUT2D eigenvalue weighted by molar-refractivity contribution is -0.121. The number of carbonyl (C=O) groups is 2. The Morgan fingerprint density at radius 3 is 2.87 bits per heavy atom. The predicted octanol–water partition coefficient (Wildman–Crippen LogP) is 2.75. The number of rotatable bonds is 5. The molecule has 4 rings (SSSR count). The number of cyclic esters (lactones) is 1. The Bertz CT molecular complexity index is 1090. The van der Waals surface area contributed by atoms with Crippen molar-refractivity contribution >= 4 is 23.5 Å². The average Bonchev–Trinajstić information content (AvgIpc) is 3.27. The first-order valence-electron chi connectivity index (χ1n) is 9.58. The number of carbonyl (C=O) groups excluding carboxylic acids is 2. The van der Waals surface area contributed by atoms with Gasteiger partial charge in [-0.2, -0.15) is 0 Å². The summed E-state index contributed by atoms with van der Waals surface area (Å²) in [5, 5.41) is 0. The summed E-state index contributed by atoms with van der Waals surface area (Å²) in [5.74, 6) is -0.0612. The first kappa shape index (κ1) is 20.6. The molecule has 2 N–H and O–H groups in total. The van der Waals surface area contributed by atoms with E-state index < -0.39 is 37.0 Å². The number of benzene rings is 1. The molecule has 0 bridgehead atoms. The van der Waals surface area contributed by atoms with E-state index in [0.717, 1.165) is 4.90 Å². The normalized spacial score (nSPS) is 18.5. The highest BCUT2D eigenvalue weighted by Gasteiger charge is 2.42. The van der Waals surface area contributed by atoms with Gasteiger partial charge in [-0.25, -0.2) is 28.3 Å². The van der Waals surface area contributed by atoms with Crippen molar-refractivity contribution in [3.63, 3.8) is 0 Å². The third-order valence-electron chi connectivity index (χ3n) is 5.35. The van der Waals surface area contributed by atoms with Gasteiger partial charge in [-0.15, -0.1) is 0 Å². The molecule has 9 nitrogen and oxygen atoms in total. The third-order valence-corrected chi connectivity index (χ3v) is 5.35. The van der Waals surface area contributed by atoms with E-state index in [1.54, 1.807) is 23.6 Å². The lowest BCUT2D eigenvalue weighted by Gasteiger charge is -2.17. The monoisotopic (exact) mass is 431 g/mol. The highest BCUT2D eigenvalue weighted by molar-refractivity contribution is 5.90. The maximum absolute atomic E-state index is 13.3. The summed E-state index contributed by atoms with van der Waals surface area (Å²) >= 11 is 0. The molecule has 1 fully saturated rings. The molecule has 0 spiro atoms. The van der Waals surface area contributed by atoms with E-state index >= 15 is 0 Å². The molecule has 1 saturated heterocycles. The van der Waals surface area contributed by atoms with E-state index in [0.29, 0.717) is 34.9 Å². The van der Waals surface area contributed by atoms with Gasteiger partial charge in [0.25, 0.3) is 6.43 Å². The van der Waals surface area contributed by atoms with Crippen molar-refractivity contribution in [1.29, 1.82) is 0 Å². The summed E-state index contributed by atoms with van der Waals surface area (Å²) in [6.07, 6.45) is -1.89. The summed E-state index contributed by atoms with van der Waals surface area (Å²) < 4.78 is 39.0. The zero-order chi connectivity index (χ0) is 22.3. The van der Waals surface area contributed by atoms with Gasteiger partial charge in [0.1, 0.15) is 30.8 Å². The molecule has 1 aromatic heterocycles. The smallest absolute Gasteiger partial charge is 0.416 e. The number of hydrogen-bond acceptors (Lipinski definition) is 5. The van der Waals surface area contributed by atoms with E-state index in [1.807, 2.05) is 0 Å². The fourth-order valence-corrected chi connectivity index (χ4v) is 3.65. The number of nitrogens with zero attached hydrogens (tertiary/aromatic N) is 4. The number of hydrogen-bond donors (Lipinski definition) is 1. The summed E-state index contributed by atoms with van der Waals surface area (Å²) in [4.78, 5) is 32.3. The number of ether oxygens (including phenoxy) is 2. The predicted molar refractivity (Wildman–Crippen MR) is 105 cm³/mol. The lowest BCUT2D eigenvalue weighted by atomic mass is 9.97. The molecular formula is C20H19F2N5O4. The molecule has 162 valence electrons. The van der Waals surface area contributed by atoms with Crippen molar-refractivity contribution in [3.8, 4) is 17.1 Å². The molecule has 0 aliphatic carbocycles. The van der Waals surface area contributed by atoms with E-state index in [4.69, 9.17) is 21.8 Å². The van der Waals surface area contributed by atoms with Crippen LogP contribution in [-0.4, -0.2) is 47.2 Å². The second-order valence-electron chi connectivity index (χ2n) is 7.41. The molecule has 0 saturated carbocycles. The number of imidazole rings is 1. The van der Waals surface area contributed by atoms with Gasteiger partial charge in [-0.3, -0.25) is 4.79 Å². The van der Waals surface area contributed by atoms with Gasteiger partial charge in [0.05, 0.1) is 13.1 Å². The number of anilines is 1. The maximum Gasteiger partial charge on any atom is 0.416 e. The van der Waals surface area contributed by atoms with Gasteiger partial charge in [-0.05, 0) is 24.1 Å². The Hall–Kier alpha value is -3.68. The van der Waals surface area contributed by atoms with Crippen LogP contribution in [0.15, 0.2) is 18.3 Å². The topological polar surface area (TPSA) is 104 Å². The Labute approximate surface area is 176 Å². The molecule has 3 heterocycles. The van der Waals surface area contributed by atoms with Crippen LogP contribution < -0.4 is 15.4 Å². The number of amides is 2. The fourth-order valence-electron chi connectivity index (χ4n) is 3.65. The molecule has 31 heavy (non-hydrogen) atoms. The van der Waals surface area contributed by atoms with Crippen LogP contribution >= 0.6 is 0 Å². The van der Waals surface area contributed by atoms with Crippen molar-refractivity contribution in [2.45, 2.75) is 32.4 Å². The molecule has 2 aromatic rings. The van der Waals surface area contributed by atoms with Gasteiger partial charge in [0.15, 0.2) is 11.5 Å². The van der Waals surface area contributed by atoms with Crippen LogP contribution in [0.1, 0.15) is 12.5 Å². The highest BCUT2D eigenvalue weighted by atomic mass is 19.3. The van der Waals surface area contributed by atoms with Crippen molar-refractivity contribution in [3.05, 3.63) is 35.3 Å². The zero-order valence-corrected chi connectivity index (χ0v) is 16.5. The van der Waals surface area contributed by atoms with Gasteiger partial charge in [-0.1, -0.05) is 6.92 Å². The summed E-state index contributed by atoms with van der Waals surface area (Å²) in [6.45, 7) is 9.41. The van der Waals surface area contributed by atoms with E-state index in [1.165, 1.54) is 6.20 Å². The number of fused-ring (bicyclic) bond motifs is 3. The summed E-state index contributed by atoms with van der Waals surface area (Å²) in [6, 6.07) is 1.85. The molecule has 2 atom stereocenters. The van der Waals surface area contributed by atoms with Crippen LogP contribution in [0.2, 0.25) is 0 Å². The number of halogens is 2. The number of aromatic nitrogens is 2. The second-order valence-corrected chi connectivity index (χ2v) is 7.41. The van der Waals surface area contributed by atoms with Crippen molar-refractivity contribution in [1.82, 2.24) is 9.55 Å². The largest absolute Gasteiger partial charge is 0.491 e. The standard InChI is InChI=1S/C20H19F2N5O4/c1-10(18(23)28)5-11-6-15-12(7-13(11)24-2)19-25-16(8-26(19)3-4-30-15)27-14(17(21)22)9-31-20(27)29/h6-8,10,14,17H,3-5,9H2,1H3,(H2,23,28)/t10-,14+/m1/s1. The molecule has 2 amide bonds. The molecule has 11 heteroatoms. The van der Waals surface area contributed by atoms with Gasteiger partial charge in [0.2, 0.25) is 5.91 Å². The van der Waals surface area contributed by atoms with Crippen LogP contribution in [0, 0.1) is 12.5 Å². The number of nitrogens with two attached hydrogens (primary N) is 1. The maximum atomic E-state index is 13.3. The van der Waals surface area contributed by atoms with E-state index in [-0.39, 0.29) is 18.8 Å². The van der Waals surface area contributed by atoms with E-state index in [2.05, 4.69) is 9.83 Å². The first-order chi connectivity index (χ1) is 14.8. The fraction of sp³-hybridized carbons (Fsp3) is 0.400. The molecule has 2 aliphatic rings. The number of primary amides is 1. The van der Waals surface area contributed by atoms with Crippen LogP contribution in [0.4, 0.5) is 25.1 Å². The van der Waals surface area contributed by atoms with Gasteiger partial charge in [0, 0.05) is 17.7 Å². The quantitative estimate of drug-likeness (QED) is 0.733. The Morgan fingerprint density at radius 2 is 2.19 bits per heavy atom. The minimum absolute atomic E-state index is 0.0476. The van der Waals surface area contributed by atoms with Gasteiger partial charge >= 0.3 is 6.09 Å². The van der Waals surface area contributed by atoms with Crippen LogP contribution in [0.5, 0.6) is 5.75 Å². The highest BCUT2D eigenvalue weighted by Crippen LogP contribution is 2.40. The van der Waals surface area contributed by atoms with Crippen molar-refractivity contribution in [2.24, 2.45) is 11.7 Å². The van der Waals surface area contributed by atoms with Gasteiger partial charge < -0.3 is 19.8 Å². The zero-order valence-electron chi connectivity index (χ0n) is 16.5. The average molecular weight is 431 g/mol. The van der Waals surface area contributed by atoms with Crippen molar-refractivity contribution < 1.29 is 27.8 Å². The van der Waals surface area contributed by atoms with Crippen LogP contribution in [0.25, 0.3) is 16.2 Å². The SMILES string of the molecule is [C-]#[N+]c1cc2c(cc1C[C@@H](C)C(N)=O)OCCn1cc(N3C(=O)OC[C@H]3C(F)F)nc1-2. The summed E-state index contributed by atoms with van der Waals surface area (Å²) in [5.41, 5.74) is 6.76. The molecule has 1 aromatic carbocycles. The Kier molecular flexibility index (Phi) is 5.22. The lowest BCUT2D eigenvalue weighted by Crippen LogP contribution is -2.38. The number of alkyl halides is 2. The summed E-state index contributed by atoms with van der Waals surface area (Å²) in [7, 11) is 0. The van der Waals surface area contributed by atoms with E-state index in [9.17, 15) is 18.4 Å². The first-order valence-corrected chi connectivity index (χ1v) is 9.58. The molecule has 0 unspecified atom stereocenters. The van der Waals surface area contributed by atoms with Crippen molar-refractivity contribution in [2.75, 3.05) is 18.1 Å². The second kappa shape index (κ2) is 7.86. The van der Waals surface area contributed by atoms with Crippen LogP contribution in [0.3, 0.4) is 0 Å². The third kappa shape index (κ3) is 3.65. The van der Waals surface area contributed by atoms with Crippen LogP contribution in [-0.2, 0) is 22.5 Å². The molecule has 0 radical (unpaired) electrons. The minimum Gasteiger partial charge on any atom is -0.491 e. The minimum atomic E-state index is -2.79. The molecular weight excluding hydrogens is 412 g/mol. The Balaban J connectivity index is 1.77. The Morgan fingerprint density at radius 1 is 1.42 bits per heavy atom. The molecule has 2 aliphatic heterocycles.